The van der Waals surface area contributed by atoms with Crippen molar-refractivity contribution in [2.45, 2.75) is 265 Å². The minimum Gasteiger partial charge on any atom is -0.438 e. The maximum Gasteiger partial charge on any atom is 0.318 e. The van der Waals surface area contributed by atoms with Crippen molar-refractivity contribution in [3.05, 3.63) is 6.04 Å². The lowest BCUT2D eigenvalue weighted by atomic mass is 10.3. The molecule has 0 bridgehead atoms. The van der Waals surface area contributed by atoms with Crippen LogP contribution in [-0.4, -0.2) is 124 Å². The van der Waals surface area contributed by atoms with E-state index in [1.807, 2.05) is 0 Å². The van der Waals surface area contributed by atoms with Crippen molar-refractivity contribution < 1.29 is 52.2 Å². The Hall–Kier alpha value is 2.34. The van der Waals surface area contributed by atoms with Crippen molar-refractivity contribution in [3.63, 3.8) is 0 Å². The fourth-order valence-corrected chi connectivity index (χ4v) is 107. The van der Waals surface area contributed by atoms with Crippen molar-refractivity contribution >= 4 is 106 Å². The van der Waals surface area contributed by atoms with Crippen LogP contribution in [-0.2, 0) is 52.2 Å². The molecule has 3 saturated heterocycles. The minimum absolute atomic E-state index is 0.610. The third kappa shape index (κ3) is 18.0. The SMILES string of the molecule is CC[CH][Si]([Si]1(O[Si](C)(C)C)CCCC(O[Si](C)(C)C)(O[Si](C)(C)C)O1)([Si]1(O[Si](C)(C)C)CCCC(O[Si](C)(C)C)(O[Si](C)(C)C)O1)[Si]1(O[Si](C)(C)C)CCCC(O[Si](C)(C)C)(O[Si](C)(C)C)O1. The number of hydrogen-bond acceptors (Lipinski definition) is 12. The lowest BCUT2D eigenvalue weighted by Gasteiger charge is -2.67. The van der Waals surface area contributed by atoms with Gasteiger partial charge in [-0.1, -0.05) is 13.3 Å². The summed E-state index contributed by atoms with van der Waals surface area (Å²) in [5.74, 6) is -3.98. The fourth-order valence-electron chi connectivity index (χ4n) is 10.4. The van der Waals surface area contributed by atoms with Gasteiger partial charge in [-0.3, -0.25) is 0 Å². The van der Waals surface area contributed by atoms with Gasteiger partial charge in [0.15, 0.2) is 74.9 Å². The Morgan fingerprint density at radius 3 is 0.687 bits per heavy atom. The first-order chi connectivity index (χ1) is 29.4. The first kappa shape index (κ1) is 63.6. The van der Waals surface area contributed by atoms with Crippen molar-refractivity contribution in [2.24, 2.45) is 0 Å². The molecule has 0 saturated carbocycles. The molecule has 3 aliphatic rings. The highest BCUT2D eigenvalue weighted by atomic mass is 30.0. The maximum absolute atomic E-state index is 8.49. The largest absolute Gasteiger partial charge is 0.438 e. The van der Waals surface area contributed by atoms with E-state index in [9.17, 15) is 0 Å². The van der Waals surface area contributed by atoms with E-state index in [0.717, 1.165) is 43.8 Å². The Labute approximate surface area is 425 Å². The quantitative estimate of drug-likeness (QED) is 0.0717. The molecule has 0 aliphatic carbocycles. The second kappa shape index (κ2) is 21.0. The molecule has 3 atom stereocenters. The van der Waals surface area contributed by atoms with Gasteiger partial charge in [0.2, 0.25) is 6.63 Å². The highest BCUT2D eigenvalue weighted by Gasteiger charge is 2.89. The summed E-state index contributed by atoms with van der Waals surface area (Å²) in [6.07, 6.45) is 4.96. The monoisotopic (exact) mass is 1170 g/mol. The van der Waals surface area contributed by atoms with Gasteiger partial charge in [0.25, 0.3) is 17.9 Å². The van der Waals surface area contributed by atoms with E-state index in [2.05, 4.69) is 190 Å². The van der Waals surface area contributed by atoms with Crippen LogP contribution >= 0.6 is 0 Å². The van der Waals surface area contributed by atoms with Gasteiger partial charge in [-0.15, -0.1) is 0 Å². The average molecular weight is 1170 g/mol. The summed E-state index contributed by atoms with van der Waals surface area (Å²) >= 11 is 0. The van der Waals surface area contributed by atoms with Gasteiger partial charge in [-0.25, -0.2) is 0 Å². The van der Waals surface area contributed by atoms with E-state index >= 15 is 0 Å². The summed E-state index contributed by atoms with van der Waals surface area (Å²) in [7, 11) is -33.5. The lowest BCUT2D eigenvalue weighted by Crippen LogP contribution is -2.98. The molecule has 12 nitrogen and oxygen atoms in total. The van der Waals surface area contributed by atoms with Gasteiger partial charge >= 0.3 is 24.2 Å². The van der Waals surface area contributed by atoms with Crippen molar-refractivity contribution in [3.8, 4) is 0 Å². The van der Waals surface area contributed by atoms with Crippen molar-refractivity contribution in [1.29, 1.82) is 0 Å². The van der Waals surface area contributed by atoms with Crippen LogP contribution in [0.4, 0.5) is 0 Å². The van der Waals surface area contributed by atoms with Gasteiger partial charge < -0.3 is 52.2 Å². The van der Waals surface area contributed by atoms with E-state index in [0.29, 0.717) is 19.3 Å². The molecule has 3 aliphatic heterocycles. The Bertz CT molecular complexity index is 1400. The van der Waals surface area contributed by atoms with Gasteiger partial charge in [0.05, 0.1) is 0 Å². The smallest absolute Gasteiger partial charge is 0.318 e. The van der Waals surface area contributed by atoms with Crippen molar-refractivity contribution in [2.75, 3.05) is 0 Å². The first-order valence-electron chi connectivity index (χ1n) is 25.7. The zero-order valence-corrected chi connectivity index (χ0v) is 61.5. The molecule has 397 valence electrons. The minimum atomic E-state index is -3.92. The Morgan fingerprint density at radius 2 is 0.537 bits per heavy atom. The van der Waals surface area contributed by atoms with E-state index in [1.54, 1.807) is 0 Å². The highest BCUT2D eigenvalue weighted by Crippen LogP contribution is 2.59. The summed E-state index contributed by atoms with van der Waals surface area (Å²) < 4.78 is 95.6. The van der Waals surface area contributed by atoms with Gasteiger partial charge in [0, 0.05) is 19.3 Å². The Morgan fingerprint density at radius 1 is 0.343 bits per heavy atom. The number of rotatable bonds is 23. The predicted molar refractivity (Wildman–Crippen MR) is 311 cm³/mol. The van der Waals surface area contributed by atoms with Crippen molar-refractivity contribution in [1.82, 2.24) is 0 Å². The zero-order chi connectivity index (χ0) is 52.3. The maximum atomic E-state index is 8.49. The third-order valence-corrected chi connectivity index (χ3v) is 76.0. The zero-order valence-electron chi connectivity index (χ0n) is 48.5. The lowest BCUT2D eigenvalue weighted by molar-refractivity contribution is -0.285. The third-order valence-electron chi connectivity index (χ3n) is 10.4. The summed E-state index contributed by atoms with van der Waals surface area (Å²) in [5.41, 5.74) is 0. The van der Waals surface area contributed by atoms with Crippen LogP contribution in [0, 0.1) is 6.04 Å². The molecule has 3 fully saturated rings. The predicted octanol–water partition coefficient (Wildman–Crippen LogP) is 14.2. The molecule has 3 rings (SSSR count). The van der Waals surface area contributed by atoms with Crippen LogP contribution in [0.1, 0.15) is 51.9 Å². The fraction of sp³-hybridized carbons (Fsp3) is 0.976. The Balaban J connectivity index is 2.95. The molecule has 0 aromatic carbocycles. The van der Waals surface area contributed by atoms with Crippen LogP contribution < -0.4 is 0 Å². The molecule has 1 radical (unpaired) electrons. The van der Waals surface area contributed by atoms with Gasteiger partial charge in [0.1, 0.15) is 0 Å². The molecular weight excluding hydrogens is 1060 g/mol. The van der Waals surface area contributed by atoms with E-state index in [1.165, 1.54) is 0 Å². The second-order valence-electron chi connectivity index (χ2n) is 28.5. The molecule has 25 heteroatoms. The molecule has 3 unspecified atom stereocenters. The normalized spacial score (nSPS) is 28.3. The summed E-state index contributed by atoms with van der Waals surface area (Å²) in [5, 5.41) is 0. The molecule has 0 N–H and O–H groups in total. The second-order valence-corrected chi connectivity index (χ2v) is 97.3. The highest BCUT2D eigenvalue weighted by molar-refractivity contribution is 7.87. The average Bonchev–Trinajstić information content (AvgIpc) is 2.95. The molecular formula is C42H105O12Si13. The van der Waals surface area contributed by atoms with E-state index < -0.39 is 124 Å². The van der Waals surface area contributed by atoms with Gasteiger partial charge in [-0.2, -0.15) is 0 Å². The summed E-state index contributed by atoms with van der Waals surface area (Å²) in [6.45, 7) is 59.9. The van der Waals surface area contributed by atoms with Crippen LogP contribution in [0.5, 0.6) is 0 Å². The summed E-state index contributed by atoms with van der Waals surface area (Å²) in [6, 6.07) is 4.84. The molecule has 67 heavy (non-hydrogen) atoms. The van der Waals surface area contributed by atoms with Crippen LogP contribution in [0.3, 0.4) is 0 Å². The molecule has 3 heterocycles. The first-order valence-corrected chi connectivity index (χ1v) is 67.5. The van der Waals surface area contributed by atoms with Gasteiger partial charge in [-0.05, 0) is 220 Å². The topological polar surface area (TPSA) is 111 Å². The molecule has 0 aromatic rings. The van der Waals surface area contributed by atoms with Crippen LogP contribution in [0.2, 0.25) is 195 Å². The Kier molecular flexibility index (Phi) is 20.0. The van der Waals surface area contributed by atoms with Crippen LogP contribution in [0.25, 0.3) is 0 Å². The van der Waals surface area contributed by atoms with E-state index in [4.69, 9.17) is 52.2 Å². The van der Waals surface area contributed by atoms with Crippen LogP contribution in [0.15, 0.2) is 0 Å². The summed E-state index contributed by atoms with van der Waals surface area (Å²) in [4.78, 5) is 0. The molecule has 0 amide bonds. The van der Waals surface area contributed by atoms with E-state index in [-0.39, 0.29) is 0 Å². The standard InChI is InChI=1S/C42H105O12Si13/c1-29-36-67(64(52-61(20,21)22)37-30-33-40(49-64,43-55(2,3)4)44-56(5,6)7,65(53-62(23,24)25)38-31-34-41(50-65,45-57(8,9)10)46-58(11,12)13)66(54-63(26,27)28)39-32-35-42(51-66,47-59(14,15)16)48-60(17,18)19/h36H,29-35,37-39H2,1-28H3. The molecule has 0 spiro atoms. The number of hydrogen-bond donors (Lipinski definition) is 0. The molecule has 0 aromatic heterocycles.